The van der Waals surface area contributed by atoms with E-state index in [1.165, 1.54) is 0 Å². The minimum Gasteiger partial charge on any atom is -0.398 e. The number of likely N-dealkylation sites (tertiary alicyclic amines) is 1. The molecule has 5 nitrogen and oxygen atoms in total. The normalized spacial score (nSPS) is 18.7. The summed E-state index contributed by atoms with van der Waals surface area (Å²) >= 11 is 0. The highest BCUT2D eigenvalue weighted by Crippen LogP contribution is 2.21. The Bertz CT molecular complexity index is 542. The maximum absolute atomic E-state index is 12.0. The van der Waals surface area contributed by atoms with Gasteiger partial charge in [-0.2, -0.15) is 0 Å². The minimum absolute atomic E-state index is 0.0815. The Morgan fingerprint density at radius 3 is 3.00 bits per heavy atom. The molecular formula is C16H23N3O2. The standard InChI is InChI=1S/C16H23N3O2/c1-11-5-4-9-19(16(11)21)10-8-15(20)18-14-7-3-6-13(17)12(14)2/h3,6-7,11H,4-5,8-10,17H2,1-2H3,(H,18,20). The van der Waals surface area contributed by atoms with Gasteiger partial charge in [-0.1, -0.05) is 13.0 Å². The number of carbonyl (C=O) groups excluding carboxylic acids is 2. The maximum Gasteiger partial charge on any atom is 0.226 e. The molecule has 1 aromatic carbocycles. The molecule has 1 aromatic rings. The molecule has 0 aromatic heterocycles. The quantitative estimate of drug-likeness (QED) is 0.834. The van der Waals surface area contributed by atoms with Gasteiger partial charge in [0.1, 0.15) is 0 Å². The zero-order chi connectivity index (χ0) is 15.4. The third-order valence-corrected chi connectivity index (χ3v) is 4.06. The summed E-state index contributed by atoms with van der Waals surface area (Å²) < 4.78 is 0. The Kier molecular flexibility index (Phi) is 4.83. The Balaban J connectivity index is 1.87. The van der Waals surface area contributed by atoms with Crippen LogP contribution in [0.15, 0.2) is 18.2 Å². The Labute approximate surface area is 125 Å². The molecule has 0 bridgehead atoms. The number of nitrogen functional groups attached to an aromatic ring is 1. The van der Waals surface area contributed by atoms with Crippen molar-refractivity contribution in [3.05, 3.63) is 23.8 Å². The van der Waals surface area contributed by atoms with Gasteiger partial charge in [0, 0.05) is 36.8 Å². The maximum atomic E-state index is 12.0. The van der Waals surface area contributed by atoms with Gasteiger partial charge in [-0.25, -0.2) is 0 Å². The van der Waals surface area contributed by atoms with Crippen molar-refractivity contribution >= 4 is 23.2 Å². The van der Waals surface area contributed by atoms with Gasteiger partial charge in [-0.3, -0.25) is 9.59 Å². The van der Waals surface area contributed by atoms with E-state index in [2.05, 4.69) is 5.32 Å². The van der Waals surface area contributed by atoms with E-state index in [1.807, 2.05) is 26.0 Å². The average Bonchev–Trinajstić information content (AvgIpc) is 2.45. The van der Waals surface area contributed by atoms with Crippen molar-refractivity contribution < 1.29 is 9.59 Å². The molecule has 1 atom stereocenters. The highest BCUT2D eigenvalue weighted by Gasteiger charge is 2.25. The summed E-state index contributed by atoms with van der Waals surface area (Å²) in [5.41, 5.74) is 8.08. The predicted octanol–water partition coefficient (Wildman–Crippen LogP) is 2.16. The molecule has 1 unspecified atom stereocenters. The number of anilines is 2. The van der Waals surface area contributed by atoms with Crippen molar-refractivity contribution in [2.45, 2.75) is 33.1 Å². The van der Waals surface area contributed by atoms with E-state index in [-0.39, 0.29) is 17.7 Å². The van der Waals surface area contributed by atoms with Crippen molar-refractivity contribution in [1.29, 1.82) is 0 Å². The van der Waals surface area contributed by atoms with Crippen LogP contribution in [0.3, 0.4) is 0 Å². The van der Waals surface area contributed by atoms with E-state index in [0.717, 1.165) is 30.6 Å². The lowest BCUT2D eigenvalue weighted by atomic mass is 9.99. The lowest BCUT2D eigenvalue weighted by molar-refractivity contribution is -0.138. The van der Waals surface area contributed by atoms with Crippen molar-refractivity contribution in [3.63, 3.8) is 0 Å². The average molecular weight is 289 g/mol. The zero-order valence-electron chi connectivity index (χ0n) is 12.7. The number of piperidine rings is 1. The Hall–Kier alpha value is -2.04. The minimum atomic E-state index is -0.0882. The van der Waals surface area contributed by atoms with Crippen LogP contribution in [0.2, 0.25) is 0 Å². The Morgan fingerprint density at radius 1 is 1.48 bits per heavy atom. The van der Waals surface area contributed by atoms with Gasteiger partial charge in [-0.05, 0) is 37.5 Å². The number of rotatable bonds is 4. The summed E-state index contributed by atoms with van der Waals surface area (Å²) in [7, 11) is 0. The monoisotopic (exact) mass is 289 g/mol. The van der Waals surface area contributed by atoms with Crippen LogP contribution in [-0.4, -0.2) is 29.8 Å². The van der Waals surface area contributed by atoms with Crippen molar-refractivity contribution in [3.8, 4) is 0 Å². The van der Waals surface area contributed by atoms with E-state index >= 15 is 0 Å². The van der Waals surface area contributed by atoms with Crippen molar-refractivity contribution in [2.75, 3.05) is 24.1 Å². The fourth-order valence-electron chi connectivity index (χ4n) is 2.59. The molecule has 1 fully saturated rings. The highest BCUT2D eigenvalue weighted by atomic mass is 16.2. The molecule has 1 aliphatic rings. The van der Waals surface area contributed by atoms with Crippen LogP contribution in [-0.2, 0) is 9.59 Å². The molecule has 2 rings (SSSR count). The largest absolute Gasteiger partial charge is 0.398 e. The van der Waals surface area contributed by atoms with Crippen LogP contribution in [0.1, 0.15) is 31.7 Å². The second-order valence-electron chi connectivity index (χ2n) is 5.69. The van der Waals surface area contributed by atoms with Crippen molar-refractivity contribution in [2.24, 2.45) is 5.92 Å². The summed E-state index contributed by atoms with van der Waals surface area (Å²) in [6, 6.07) is 5.45. The molecular weight excluding hydrogens is 266 g/mol. The van der Waals surface area contributed by atoms with Crippen LogP contribution in [0.25, 0.3) is 0 Å². The van der Waals surface area contributed by atoms with Gasteiger partial charge in [0.15, 0.2) is 0 Å². The van der Waals surface area contributed by atoms with Gasteiger partial charge < -0.3 is 16.0 Å². The molecule has 0 saturated carbocycles. The number of amides is 2. The van der Waals surface area contributed by atoms with Crippen LogP contribution in [0.5, 0.6) is 0 Å². The lowest BCUT2D eigenvalue weighted by Crippen LogP contribution is -2.41. The second-order valence-corrected chi connectivity index (χ2v) is 5.69. The topological polar surface area (TPSA) is 75.4 Å². The molecule has 0 spiro atoms. The summed E-state index contributed by atoms with van der Waals surface area (Å²) in [5.74, 6) is 0.155. The number of nitrogens with zero attached hydrogens (tertiary/aromatic N) is 1. The third kappa shape index (κ3) is 3.74. The number of nitrogens with two attached hydrogens (primary N) is 1. The number of benzene rings is 1. The van der Waals surface area contributed by atoms with Gasteiger partial charge >= 0.3 is 0 Å². The summed E-state index contributed by atoms with van der Waals surface area (Å²) in [6.45, 7) is 5.07. The van der Waals surface area contributed by atoms with Crippen LogP contribution >= 0.6 is 0 Å². The number of hydrogen-bond donors (Lipinski definition) is 2. The van der Waals surface area contributed by atoms with Crippen LogP contribution < -0.4 is 11.1 Å². The first kappa shape index (κ1) is 15.4. The predicted molar refractivity (Wildman–Crippen MR) is 83.8 cm³/mol. The summed E-state index contributed by atoms with van der Waals surface area (Å²) in [4.78, 5) is 25.8. The molecule has 0 aliphatic carbocycles. The van der Waals surface area contributed by atoms with Gasteiger partial charge in [0.25, 0.3) is 0 Å². The van der Waals surface area contributed by atoms with Crippen LogP contribution in [0.4, 0.5) is 11.4 Å². The zero-order valence-corrected chi connectivity index (χ0v) is 12.7. The Morgan fingerprint density at radius 2 is 2.24 bits per heavy atom. The van der Waals surface area contributed by atoms with Gasteiger partial charge in [0.05, 0.1) is 0 Å². The molecule has 3 N–H and O–H groups in total. The molecule has 2 amide bonds. The number of nitrogens with one attached hydrogen (secondary N) is 1. The molecule has 5 heteroatoms. The third-order valence-electron chi connectivity index (χ3n) is 4.06. The summed E-state index contributed by atoms with van der Waals surface area (Å²) in [5, 5.41) is 2.86. The molecule has 21 heavy (non-hydrogen) atoms. The molecule has 1 heterocycles. The summed E-state index contributed by atoms with van der Waals surface area (Å²) in [6.07, 6.45) is 2.28. The molecule has 1 aliphatic heterocycles. The number of carbonyl (C=O) groups is 2. The second kappa shape index (κ2) is 6.61. The van der Waals surface area contributed by atoms with E-state index in [0.29, 0.717) is 18.7 Å². The van der Waals surface area contributed by atoms with E-state index in [1.54, 1.807) is 11.0 Å². The van der Waals surface area contributed by atoms with Crippen molar-refractivity contribution in [1.82, 2.24) is 4.90 Å². The van der Waals surface area contributed by atoms with Crippen LogP contribution in [0, 0.1) is 12.8 Å². The lowest BCUT2D eigenvalue weighted by Gasteiger charge is -2.30. The molecule has 0 radical (unpaired) electrons. The fraction of sp³-hybridized carbons (Fsp3) is 0.500. The number of hydrogen-bond acceptors (Lipinski definition) is 3. The molecule has 114 valence electrons. The highest BCUT2D eigenvalue weighted by molar-refractivity contribution is 5.92. The van der Waals surface area contributed by atoms with Gasteiger partial charge in [-0.15, -0.1) is 0 Å². The van der Waals surface area contributed by atoms with E-state index < -0.39 is 0 Å². The fourth-order valence-corrected chi connectivity index (χ4v) is 2.59. The van der Waals surface area contributed by atoms with E-state index in [9.17, 15) is 9.59 Å². The van der Waals surface area contributed by atoms with E-state index in [4.69, 9.17) is 5.73 Å². The first-order valence-corrected chi connectivity index (χ1v) is 7.42. The first-order valence-electron chi connectivity index (χ1n) is 7.42. The smallest absolute Gasteiger partial charge is 0.226 e. The SMILES string of the molecule is Cc1c(N)cccc1NC(=O)CCN1CCCC(C)C1=O. The first-order chi connectivity index (χ1) is 9.99. The van der Waals surface area contributed by atoms with Gasteiger partial charge in [0.2, 0.25) is 11.8 Å². The molecule has 1 saturated heterocycles.